The molecule has 0 aliphatic heterocycles. The summed E-state index contributed by atoms with van der Waals surface area (Å²) in [6.07, 6.45) is 3.92. The molecule has 0 unspecified atom stereocenters. The Hall–Kier alpha value is -2.42. The largest absolute Gasteiger partial charge is 0.452 e. The second-order valence-corrected chi connectivity index (χ2v) is 9.50. The van der Waals surface area contributed by atoms with Crippen molar-refractivity contribution >= 4 is 40.2 Å². The molecule has 1 heterocycles. The van der Waals surface area contributed by atoms with Crippen molar-refractivity contribution in [3.8, 4) is 0 Å². The van der Waals surface area contributed by atoms with E-state index in [4.69, 9.17) is 4.74 Å². The molecule has 0 radical (unpaired) electrons. The average Bonchev–Trinajstić information content (AvgIpc) is 3.20. The van der Waals surface area contributed by atoms with Crippen LogP contribution in [0.5, 0.6) is 0 Å². The highest BCUT2D eigenvalue weighted by Crippen LogP contribution is 2.34. The molecular weight excluding hydrogens is 394 g/mol. The molecule has 9 heteroatoms. The van der Waals surface area contributed by atoms with Crippen LogP contribution < -0.4 is 16.0 Å². The summed E-state index contributed by atoms with van der Waals surface area (Å²) in [5, 5.41) is 8.06. The average molecular weight is 424 g/mol. The Kier molecular flexibility index (Phi) is 7.40. The topological polar surface area (TPSA) is 114 Å². The number of thiophene rings is 1. The predicted octanol–water partition coefficient (Wildman–Crippen LogP) is 3.27. The van der Waals surface area contributed by atoms with Gasteiger partial charge in [-0.2, -0.15) is 0 Å². The molecule has 1 saturated carbocycles. The van der Waals surface area contributed by atoms with E-state index in [2.05, 4.69) is 16.0 Å². The van der Waals surface area contributed by atoms with Crippen LogP contribution in [0.2, 0.25) is 0 Å². The first-order valence-corrected chi connectivity index (χ1v) is 10.5. The van der Waals surface area contributed by atoms with Gasteiger partial charge in [0.05, 0.1) is 5.56 Å². The summed E-state index contributed by atoms with van der Waals surface area (Å²) in [7, 11) is 0. The molecule has 0 bridgehead atoms. The van der Waals surface area contributed by atoms with Gasteiger partial charge in [0.15, 0.2) is 6.61 Å². The molecule has 4 amide bonds. The van der Waals surface area contributed by atoms with Crippen LogP contribution in [-0.2, 0) is 14.3 Å². The van der Waals surface area contributed by atoms with Crippen LogP contribution in [0.3, 0.4) is 0 Å². The van der Waals surface area contributed by atoms with E-state index in [9.17, 15) is 19.2 Å². The first kappa shape index (κ1) is 22.9. The van der Waals surface area contributed by atoms with Gasteiger partial charge in [0, 0.05) is 16.3 Å². The number of imide groups is 1. The molecule has 0 spiro atoms. The maximum absolute atomic E-state index is 12.6. The lowest BCUT2D eigenvalue weighted by Gasteiger charge is -2.17. The van der Waals surface area contributed by atoms with E-state index in [-0.39, 0.29) is 17.5 Å². The van der Waals surface area contributed by atoms with Gasteiger partial charge in [-0.25, -0.2) is 9.59 Å². The van der Waals surface area contributed by atoms with E-state index in [1.165, 1.54) is 11.3 Å². The number of rotatable bonds is 5. The van der Waals surface area contributed by atoms with Gasteiger partial charge < -0.3 is 15.4 Å². The predicted molar refractivity (Wildman–Crippen MR) is 111 cm³/mol. The fraction of sp³-hybridized carbons (Fsp3) is 0.600. The van der Waals surface area contributed by atoms with Gasteiger partial charge in [-0.15, -0.1) is 11.3 Å². The molecule has 0 atom stereocenters. The Morgan fingerprint density at radius 2 is 1.72 bits per heavy atom. The van der Waals surface area contributed by atoms with Crippen molar-refractivity contribution in [2.45, 2.75) is 66.3 Å². The number of carbonyl (C=O) groups is 4. The van der Waals surface area contributed by atoms with Crippen LogP contribution in [0, 0.1) is 19.3 Å². The number of anilines is 1. The molecule has 1 aromatic rings. The zero-order chi connectivity index (χ0) is 21.8. The van der Waals surface area contributed by atoms with Gasteiger partial charge in [-0.1, -0.05) is 33.6 Å². The number of esters is 1. The second kappa shape index (κ2) is 9.39. The minimum absolute atomic E-state index is 0.0794. The number of aryl methyl sites for hydroxylation is 1. The number of hydrogen-bond donors (Lipinski definition) is 3. The summed E-state index contributed by atoms with van der Waals surface area (Å²) < 4.78 is 5.09. The van der Waals surface area contributed by atoms with Crippen molar-refractivity contribution < 1.29 is 23.9 Å². The molecule has 1 aliphatic rings. The molecule has 1 aromatic heterocycles. The fourth-order valence-corrected chi connectivity index (χ4v) is 3.95. The third-order valence-corrected chi connectivity index (χ3v) is 5.90. The summed E-state index contributed by atoms with van der Waals surface area (Å²) in [6.45, 7) is 8.32. The summed E-state index contributed by atoms with van der Waals surface area (Å²) in [6, 6.07) is -0.505. The van der Waals surface area contributed by atoms with E-state index >= 15 is 0 Å². The number of urea groups is 1. The molecule has 2 rings (SSSR count). The lowest BCUT2D eigenvalue weighted by Crippen LogP contribution is -2.45. The number of hydrogen-bond acceptors (Lipinski definition) is 6. The number of carbonyl (C=O) groups excluding carboxylic acids is 4. The molecule has 0 saturated heterocycles. The van der Waals surface area contributed by atoms with Gasteiger partial charge in [0.2, 0.25) is 5.91 Å². The van der Waals surface area contributed by atoms with Crippen LogP contribution >= 0.6 is 11.3 Å². The maximum Gasteiger partial charge on any atom is 0.341 e. The molecular formula is C20H29N3O5S. The highest BCUT2D eigenvalue weighted by Gasteiger charge is 2.27. The number of ether oxygens (including phenoxy) is 1. The summed E-state index contributed by atoms with van der Waals surface area (Å²) in [5.74, 6) is -1.66. The highest BCUT2D eigenvalue weighted by molar-refractivity contribution is 7.16. The zero-order valence-corrected chi connectivity index (χ0v) is 18.4. The maximum atomic E-state index is 12.6. The molecule has 29 heavy (non-hydrogen) atoms. The molecule has 8 nitrogen and oxygen atoms in total. The van der Waals surface area contributed by atoms with Gasteiger partial charge in [-0.05, 0) is 32.3 Å². The van der Waals surface area contributed by atoms with Crippen LogP contribution in [0.4, 0.5) is 9.80 Å². The fourth-order valence-electron chi connectivity index (χ4n) is 2.91. The standard InChI is InChI=1S/C20H29N3O5S/c1-11-12(2)29-16(23-18(26)20(3,4)5)15(11)17(25)28-10-14(24)22-19(27)21-13-8-6-7-9-13/h13H,6-10H2,1-5H3,(H,23,26)(H2,21,22,24,27). The first-order valence-electron chi connectivity index (χ1n) is 9.68. The van der Waals surface area contributed by atoms with E-state index in [1.54, 1.807) is 27.7 Å². The molecule has 160 valence electrons. The van der Waals surface area contributed by atoms with E-state index in [0.717, 1.165) is 30.6 Å². The Morgan fingerprint density at radius 1 is 1.10 bits per heavy atom. The summed E-state index contributed by atoms with van der Waals surface area (Å²) in [4.78, 5) is 49.5. The monoisotopic (exact) mass is 423 g/mol. The highest BCUT2D eigenvalue weighted by atomic mass is 32.1. The quantitative estimate of drug-likeness (QED) is 0.629. The third kappa shape index (κ3) is 6.28. The van der Waals surface area contributed by atoms with Gasteiger partial charge in [-0.3, -0.25) is 14.9 Å². The van der Waals surface area contributed by atoms with Crippen molar-refractivity contribution in [3.05, 3.63) is 16.0 Å². The Morgan fingerprint density at radius 3 is 2.31 bits per heavy atom. The lowest BCUT2D eigenvalue weighted by molar-refractivity contribution is -0.123. The number of nitrogens with one attached hydrogen (secondary N) is 3. The van der Waals surface area contributed by atoms with Crippen molar-refractivity contribution in [1.82, 2.24) is 10.6 Å². The van der Waals surface area contributed by atoms with E-state index in [0.29, 0.717) is 10.6 Å². The second-order valence-electron chi connectivity index (χ2n) is 8.27. The van der Waals surface area contributed by atoms with Crippen LogP contribution in [0.1, 0.15) is 67.3 Å². The summed E-state index contributed by atoms with van der Waals surface area (Å²) >= 11 is 1.28. The molecule has 0 aromatic carbocycles. The minimum atomic E-state index is -0.720. The minimum Gasteiger partial charge on any atom is -0.452 e. The van der Waals surface area contributed by atoms with E-state index in [1.807, 2.05) is 6.92 Å². The Bertz CT molecular complexity index is 804. The molecule has 1 fully saturated rings. The van der Waals surface area contributed by atoms with Crippen LogP contribution in [0.15, 0.2) is 0 Å². The molecule has 3 N–H and O–H groups in total. The lowest BCUT2D eigenvalue weighted by atomic mass is 9.96. The van der Waals surface area contributed by atoms with Crippen LogP contribution in [0.25, 0.3) is 0 Å². The van der Waals surface area contributed by atoms with Crippen LogP contribution in [-0.4, -0.2) is 36.5 Å². The van der Waals surface area contributed by atoms with Gasteiger partial charge >= 0.3 is 12.0 Å². The summed E-state index contributed by atoms with van der Waals surface area (Å²) in [5.41, 5.74) is 0.288. The first-order chi connectivity index (χ1) is 13.5. The van der Waals surface area contributed by atoms with E-state index < -0.39 is 29.9 Å². The van der Waals surface area contributed by atoms with Crippen molar-refractivity contribution in [1.29, 1.82) is 0 Å². The van der Waals surface area contributed by atoms with Gasteiger partial charge in [0.1, 0.15) is 5.00 Å². The zero-order valence-electron chi connectivity index (χ0n) is 17.6. The van der Waals surface area contributed by atoms with Crippen molar-refractivity contribution in [3.63, 3.8) is 0 Å². The van der Waals surface area contributed by atoms with Crippen molar-refractivity contribution in [2.24, 2.45) is 5.41 Å². The van der Waals surface area contributed by atoms with Gasteiger partial charge in [0.25, 0.3) is 5.91 Å². The Labute approximate surface area is 174 Å². The normalized spacial score (nSPS) is 14.4. The SMILES string of the molecule is Cc1sc(NC(=O)C(C)(C)C)c(C(=O)OCC(=O)NC(=O)NC2CCCC2)c1C. The molecule has 1 aliphatic carbocycles. The Balaban J connectivity index is 1.95. The third-order valence-electron chi connectivity index (χ3n) is 4.78. The smallest absolute Gasteiger partial charge is 0.341 e. The van der Waals surface area contributed by atoms with Crippen molar-refractivity contribution in [2.75, 3.05) is 11.9 Å². The number of amides is 4.